The Labute approximate surface area is 145 Å². The van der Waals surface area contributed by atoms with Crippen LogP contribution >= 0.6 is 0 Å². The Bertz CT molecular complexity index is 71.8. The zero-order valence-corrected chi connectivity index (χ0v) is 14.7. The SMILES string of the molecule is CCC(CO)(CO)CO.[H-].[H-].[H-].[Na+].[Na+].[Na+]. The molecule has 3 nitrogen and oxygen atoms in total. The molecule has 0 aromatic rings. The van der Waals surface area contributed by atoms with E-state index >= 15 is 0 Å². The Kier molecular flexibility index (Phi) is 28.0. The summed E-state index contributed by atoms with van der Waals surface area (Å²) in [5, 5.41) is 26.0. The van der Waals surface area contributed by atoms with Gasteiger partial charge in [-0.3, -0.25) is 0 Å². The van der Waals surface area contributed by atoms with Crippen molar-refractivity contribution >= 4 is 0 Å². The molecule has 0 aliphatic heterocycles. The maximum absolute atomic E-state index is 8.66. The van der Waals surface area contributed by atoms with Crippen LogP contribution < -0.4 is 88.7 Å². The molecule has 6 heteroatoms. The molecule has 0 aliphatic rings. The molecule has 3 N–H and O–H groups in total. The summed E-state index contributed by atoms with van der Waals surface area (Å²) in [7, 11) is 0. The second kappa shape index (κ2) is 13.9. The summed E-state index contributed by atoms with van der Waals surface area (Å²) in [5.41, 5.74) is -0.667. The summed E-state index contributed by atoms with van der Waals surface area (Å²) >= 11 is 0. The van der Waals surface area contributed by atoms with Gasteiger partial charge >= 0.3 is 88.7 Å². The summed E-state index contributed by atoms with van der Waals surface area (Å²) in [6.45, 7) is 1.35. The van der Waals surface area contributed by atoms with Crippen molar-refractivity contribution in [2.24, 2.45) is 5.41 Å². The van der Waals surface area contributed by atoms with Gasteiger partial charge in [0, 0.05) is 5.41 Å². The number of rotatable bonds is 4. The first-order valence-electron chi connectivity index (χ1n) is 3.07. The smallest absolute Gasteiger partial charge is 1.00 e. The van der Waals surface area contributed by atoms with Gasteiger partial charge in [0.25, 0.3) is 0 Å². The van der Waals surface area contributed by atoms with Crippen LogP contribution in [0.4, 0.5) is 0 Å². The molecule has 0 heterocycles. The molecule has 0 spiro atoms. The molecule has 0 unspecified atom stereocenters. The van der Waals surface area contributed by atoms with Crippen LogP contribution in [0.25, 0.3) is 0 Å². The van der Waals surface area contributed by atoms with Gasteiger partial charge in [-0.2, -0.15) is 0 Å². The Morgan fingerprint density at radius 3 is 1.17 bits per heavy atom. The molecule has 0 aromatic carbocycles. The van der Waals surface area contributed by atoms with Gasteiger partial charge in [0.15, 0.2) is 0 Å². The van der Waals surface area contributed by atoms with Crippen LogP contribution in [0.2, 0.25) is 0 Å². The topological polar surface area (TPSA) is 60.7 Å². The van der Waals surface area contributed by atoms with E-state index in [9.17, 15) is 0 Å². The summed E-state index contributed by atoms with van der Waals surface area (Å²) < 4.78 is 0. The summed E-state index contributed by atoms with van der Waals surface area (Å²) in [6.07, 6.45) is 0.594. The third-order valence-electron chi connectivity index (χ3n) is 1.76. The van der Waals surface area contributed by atoms with Gasteiger partial charge in [-0.15, -0.1) is 0 Å². The number of aliphatic hydroxyl groups excluding tert-OH is 3. The molecule has 0 amide bonds. The number of hydrogen-bond acceptors (Lipinski definition) is 3. The van der Waals surface area contributed by atoms with Gasteiger partial charge in [-0.25, -0.2) is 0 Å². The normalized spacial score (nSPS) is 9.00. The second-order valence-corrected chi connectivity index (χ2v) is 2.33. The molecule has 0 atom stereocenters. The van der Waals surface area contributed by atoms with Crippen LogP contribution in [-0.4, -0.2) is 35.1 Å². The fraction of sp³-hybridized carbons (Fsp3) is 1.00. The average molecular weight is 206 g/mol. The first-order valence-corrected chi connectivity index (χ1v) is 3.07. The molecule has 0 aliphatic carbocycles. The third kappa shape index (κ3) is 8.21. The van der Waals surface area contributed by atoms with Crippen molar-refractivity contribution in [2.45, 2.75) is 13.3 Å². The molecule has 62 valence electrons. The molecule has 0 rings (SSSR count). The standard InChI is InChI=1S/C6H14O3.3Na.3H/c1-2-6(3-7,4-8)5-9;;;;;;/h7-9H,2-5H2,1H3;;;;;;/q;3*+1;3*-1. The Balaban J connectivity index is -0.0000000213. The van der Waals surface area contributed by atoms with E-state index in [0.29, 0.717) is 6.42 Å². The molecule has 0 saturated carbocycles. The van der Waals surface area contributed by atoms with Crippen LogP contribution in [0.15, 0.2) is 0 Å². The van der Waals surface area contributed by atoms with E-state index in [4.69, 9.17) is 15.3 Å². The molecular formula is C6H17Na3O3. The minimum atomic E-state index is -0.667. The fourth-order valence-electron chi connectivity index (χ4n) is 0.485. The van der Waals surface area contributed by atoms with Crippen molar-refractivity contribution in [3.05, 3.63) is 0 Å². The molecule has 12 heavy (non-hydrogen) atoms. The van der Waals surface area contributed by atoms with Gasteiger partial charge in [0.1, 0.15) is 0 Å². The van der Waals surface area contributed by atoms with Crippen LogP contribution in [0.3, 0.4) is 0 Å². The average Bonchev–Trinajstić information content (AvgIpc) is 1.95. The third-order valence-corrected chi connectivity index (χ3v) is 1.76. The molecule has 0 radical (unpaired) electrons. The first kappa shape index (κ1) is 24.2. The first-order chi connectivity index (χ1) is 4.24. The molecule has 0 bridgehead atoms. The van der Waals surface area contributed by atoms with Crippen molar-refractivity contribution in [2.75, 3.05) is 19.8 Å². The van der Waals surface area contributed by atoms with E-state index in [2.05, 4.69) is 0 Å². The van der Waals surface area contributed by atoms with E-state index in [-0.39, 0.29) is 113 Å². The van der Waals surface area contributed by atoms with Gasteiger partial charge in [-0.05, 0) is 6.42 Å². The van der Waals surface area contributed by atoms with Crippen molar-refractivity contribution in [1.29, 1.82) is 0 Å². The Morgan fingerprint density at radius 2 is 1.17 bits per heavy atom. The van der Waals surface area contributed by atoms with Crippen molar-refractivity contribution in [3.8, 4) is 0 Å². The van der Waals surface area contributed by atoms with E-state index in [0.717, 1.165) is 0 Å². The van der Waals surface area contributed by atoms with Crippen LogP contribution in [0, 0.1) is 5.41 Å². The zero-order chi connectivity index (χ0) is 7.33. The van der Waals surface area contributed by atoms with E-state index < -0.39 is 5.41 Å². The summed E-state index contributed by atoms with van der Waals surface area (Å²) in [4.78, 5) is 0. The second-order valence-electron chi connectivity index (χ2n) is 2.33. The predicted octanol–water partition coefficient (Wildman–Crippen LogP) is -9.29. The molecule has 0 saturated heterocycles. The minimum Gasteiger partial charge on any atom is -1.00 e. The molecular weight excluding hydrogens is 189 g/mol. The van der Waals surface area contributed by atoms with E-state index in [1.807, 2.05) is 6.92 Å². The molecule has 0 aromatic heterocycles. The quantitative estimate of drug-likeness (QED) is 0.400. The maximum atomic E-state index is 8.66. The van der Waals surface area contributed by atoms with Crippen LogP contribution in [0.5, 0.6) is 0 Å². The number of hydrogen-bond donors (Lipinski definition) is 3. The van der Waals surface area contributed by atoms with Crippen LogP contribution in [-0.2, 0) is 0 Å². The van der Waals surface area contributed by atoms with Crippen LogP contribution in [0.1, 0.15) is 17.6 Å². The zero-order valence-electron chi connectivity index (χ0n) is 11.7. The van der Waals surface area contributed by atoms with Gasteiger partial charge in [0.05, 0.1) is 19.8 Å². The van der Waals surface area contributed by atoms with Crippen molar-refractivity contribution in [3.63, 3.8) is 0 Å². The van der Waals surface area contributed by atoms with Crippen molar-refractivity contribution < 1.29 is 108 Å². The Morgan fingerprint density at radius 1 is 0.917 bits per heavy atom. The van der Waals surface area contributed by atoms with E-state index in [1.54, 1.807) is 0 Å². The number of aliphatic hydroxyl groups is 3. The molecule has 0 fully saturated rings. The van der Waals surface area contributed by atoms with E-state index in [1.165, 1.54) is 0 Å². The maximum Gasteiger partial charge on any atom is 1.00 e. The Hall–Kier alpha value is 2.88. The minimum absolute atomic E-state index is 0. The fourth-order valence-corrected chi connectivity index (χ4v) is 0.485. The summed E-state index contributed by atoms with van der Waals surface area (Å²) in [5.74, 6) is 0. The largest absolute Gasteiger partial charge is 1.00 e. The van der Waals surface area contributed by atoms with Gasteiger partial charge in [-0.1, -0.05) is 6.92 Å². The van der Waals surface area contributed by atoms with Gasteiger partial charge < -0.3 is 19.6 Å². The van der Waals surface area contributed by atoms with Crippen molar-refractivity contribution in [1.82, 2.24) is 0 Å². The predicted molar refractivity (Wildman–Crippen MR) is 37.3 cm³/mol. The monoisotopic (exact) mass is 206 g/mol. The summed E-state index contributed by atoms with van der Waals surface area (Å²) in [6, 6.07) is 0. The van der Waals surface area contributed by atoms with Gasteiger partial charge in [0.2, 0.25) is 0 Å².